The molecule has 0 aliphatic heterocycles. The predicted octanol–water partition coefficient (Wildman–Crippen LogP) is -0.656. The SMILES string of the molecule is CC(C)(C)OC(=O)NNC(=O)C(N)CC(=O)O. The number of ether oxygens (including phenoxy) is 1. The summed E-state index contributed by atoms with van der Waals surface area (Å²) in [5, 5.41) is 8.39. The fraction of sp³-hybridized carbons (Fsp3) is 0.667. The normalized spacial score (nSPS) is 12.5. The van der Waals surface area contributed by atoms with E-state index in [0.29, 0.717) is 0 Å². The van der Waals surface area contributed by atoms with E-state index in [1.54, 1.807) is 20.8 Å². The number of amides is 2. The van der Waals surface area contributed by atoms with Crippen LogP contribution in [-0.2, 0) is 14.3 Å². The Morgan fingerprint density at radius 1 is 1.29 bits per heavy atom. The van der Waals surface area contributed by atoms with Crippen LogP contribution < -0.4 is 16.6 Å². The predicted molar refractivity (Wildman–Crippen MR) is 57.7 cm³/mol. The van der Waals surface area contributed by atoms with Gasteiger partial charge in [0, 0.05) is 0 Å². The second-order valence-electron chi connectivity index (χ2n) is 4.32. The van der Waals surface area contributed by atoms with E-state index >= 15 is 0 Å². The Hall–Kier alpha value is -1.83. The highest BCUT2D eigenvalue weighted by Crippen LogP contribution is 2.05. The van der Waals surface area contributed by atoms with Crippen molar-refractivity contribution < 1.29 is 24.2 Å². The van der Waals surface area contributed by atoms with E-state index in [-0.39, 0.29) is 0 Å². The molecule has 0 rings (SSSR count). The molecule has 0 aliphatic carbocycles. The van der Waals surface area contributed by atoms with Crippen LogP contribution in [0.25, 0.3) is 0 Å². The third-order valence-electron chi connectivity index (χ3n) is 1.42. The van der Waals surface area contributed by atoms with E-state index in [9.17, 15) is 14.4 Å². The second-order valence-corrected chi connectivity index (χ2v) is 4.32. The zero-order chi connectivity index (χ0) is 13.6. The summed E-state index contributed by atoms with van der Waals surface area (Å²) in [5.74, 6) is -2.01. The average Bonchev–Trinajstić information content (AvgIpc) is 2.10. The highest BCUT2D eigenvalue weighted by atomic mass is 16.6. The zero-order valence-electron chi connectivity index (χ0n) is 9.94. The second kappa shape index (κ2) is 6.04. The van der Waals surface area contributed by atoms with E-state index in [0.717, 1.165) is 0 Å². The topological polar surface area (TPSA) is 131 Å². The summed E-state index contributed by atoms with van der Waals surface area (Å²) >= 11 is 0. The largest absolute Gasteiger partial charge is 0.481 e. The van der Waals surface area contributed by atoms with Gasteiger partial charge < -0.3 is 15.6 Å². The number of aliphatic carboxylic acids is 1. The number of hydrazine groups is 1. The van der Waals surface area contributed by atoms with Crippen LogP contribution in [0.15, 0.2) is 0 Å². The Morgan fingerprint density at radius 2 is 1.82 bits per heavy atom. The summed E-state index contributed by atoms with van der Waals surface area (Å²) in [6.45, 7) is 4.97. The highest BCUT2D eigenvalue weighted by molar-refractivity contribution is 5.87. The molecule has 0 saturated carbocycles. The molecule has 0 saturated heterocycles. The fourth-order valence-electron chi connectivity index (χ4n) is 0.790. The van der Waals surface area contributed by atoms with Gasteiger partial charge in [-0.2, -0.15) is 0 Å². The van der Waals surface area contributed by atoms with Gasteiger partial charge in [0.05, 0.1) is 12.5 Å². The first kappa shape index (κ1) is 15.2. The molecule has 0 bridgehead atoms. The van der Waals surface area contributed by atoms with Crippen molar-refractivity contribution in [2.45, 2.75) is 38.8 Å². The molecule has 0 aliphatic rings. The molecule has 5 N–H and O–H groups in total. The number of carboxylic acid groups (broad SMARTS) is 1. The van der Waals surface area contributed by atoms with Crippen molar-refractivity contribution in [1.29, 1.82) is 0 Å². The standard InChI is InChI=1S/C9H17N3O5/c1-9(2,3)17-8(16)12-11-7(15)5(10)4-6(13)14/h5H,4,10H2,1-3H3,(H,11,15)(H,12,16)(H,13,14). The van der Waals surface area contributed by atoms with Gasteiger partial charge in [0.25, 0.3) is 5.91 Å². The molecule has 1 unspecified atom stereocenters. The Morgan fingerprint density at radius 3 is 2.24 bits per heavy atom. The maximum Gasteiger partial charge on any atom is 0.426 e. The van der Waals surface area contributed by atoms with E-state index in [1.807, 2.05) is 10.9 Å². The van der Waals surface area contributed by atoms with Crippen LogP contribution in [0.1, 0.15) is 27.2 Å². The molecule has 98 valence electrons. The molecule has 0 aromatic rings. The molecular formula is C9H17N3O5. The van der Waals surface area contributed by atoms with E-state index in [4.69, 9.17) is 15.6 Å². The minimum absolute atomic E-state index is 0.526. The van der Waals surface area contributed by atoms with Crippen molar-refractivity contribution in [3.63, 3.8) is 0 Å². The molecule has 0 heterocycles. The number of nitrogens with one attached hydrogen (secondary N) is 2. The number of carbonyl (C=O) groups is 3. The van der Waals surface area contributed by atoms with Crippen molar-refractivity contribution in [2.75, 3.05) is 0 Å². The Labute approximate surface area is 98.5 Å². The lowest BCUT2D eigenvalue weighted by Gasteiger charge is -2.20. The fourth-order valence-corrected chi connectivity index (χ4v) is 0.790. The van der Waals surface area contributed by atoms with Gasteiger partial charge in [-0.15, -0.1) is 0 Å². The van der Waals surface area contributed by atoms with Gasteiger partial charge in [0.1, 0.15) is 5.60 Å². The molecule has 2 amide bonds. The Balaban J connectivity index is 4.00. The van der Waals surface area contributed by atoms with Crippen LogP contribution >= 0.6 is 0 Å². The van der Waals surface area contributed by atoms with Crippen LogP contribution in [0, 0.1) is 0 Å². The number of carboxylic acids is 1. The molecular weight excluding hydrogens is 230 g/mol. The number of hydrogen-bond donors (Lipinski definition) is 4. The summed E-state index contributed by atoms with van der Waals surface area (Å²) in [4.78, 5) is 32.5. The molecule has 0 fully saturated rings. The molecule has 0 aromatic carbocycles. The first-order valence-corrected chi connectivity index (χ1v) is 4.88. The van der Waals surface area contributed by atoms with Crippen molar-refractivity contribution in [1.82, 2.24) is 10.9 Å². The summed E-state index contributed by atoms with van der Waals surface area (Å²) < 4.78 is 4.83. The Bertz CT molecular complexity index is 310. The minimum Gasteiger partial charge on any atom is -0.481 e. The Kier molecular flexibility index (Phi) is 5.39. The summed E-state index contributed by atoms with van der Waals surface area (Å²) in [6.07, 6.45) is -1.38. The zero-order valence-corrected chi connectivity index (χ0v) is 9.94. The maximum absolute atomic E-state index is 11.2. The van der Waals surface area contributed by atoms with Crippen LogP contribution in [0.5, 0.6) is 0 Å². The van der Waals surface area contributed by atoms with Crippen molar-refractivity contribution in [3.8, 4) is 0 Å². The molecule has 1 atom stereocenters. The third-order valence-corrected chi connectivity index (χ3v) is 1.42. The monoisotopic (exact) mass is 247 g/mol. The van der Waals surface area contributed by atoms with E-state index < -0.39 is 36.0 Å². The van der Waals surface area contributed by atoms with Crippen molar-refractivity contribution >= 4 is 18.0 Å². The summed E-state index contributed by atoms with van der Waals surface area (Å²) in [6, 6.07) is -1.23. The molecule has 0 spiro atoms. The summed E-state index contributed by atoms with van der Waals surface area (Å²) in [5.41, 5.74) is 8.47. The van der Waals surface area contributed by atoms with Gasteiger partial charge >= 0.3 is 12.1 Å². The third kappa shape index (κ3) is 8.03. The van der Waals surface area contributed by atoms with Crippen LogP contribution in [0.4, 0.5) is 4.79 Å². The molecule has 8 nitrogen and oxygen atoms in total. The first-order chi connectivity index (χ1) is 7.61. The quantitative estimate of drug-likeness (QED) is 0.490. The first-order valence-electron chi connectivity index (χ1n) is 4.88. The van der Waals surface area contributed by atoms with Crippen LogP contribution in [-0.4, -0.2) is 34.7 Å². The van der Waals surface area contributed by atoms with E-state index in [2.05, 4.69) is 0 Å². The van der Waals surface area contributed by atoms with Gasteiger partial charge in [-0.25, -0.2) is 10.2 Å². The molecule has 17 heavy (non-hydrogen) atoms. The summed E-state index contributed by atoms with van der Waals surface area (Å²) in [7, 11) is 0. The van der Waals surface area contributed by atoms with Gasteiger partial charge in [-0.3, -0.25) is 15.0 Å². The van der Waals surface area contributed by atoms with Gasteiger partial charge in [0.2, 0.25) is 0 Å². The lowest BCUT2D eigenvalue weighted by Crippen LogP contribution is -2.50. The lowest BCUT2D eigenvalue weighted by atomic mass is 10.2. The number of rotatable bonds is 3. The minimum atomic E-state index is -1.23. The maximum atomic E-state index is 11.2. The molecule has 0 aromatic heterocycles. The van der Waals surface area contributed by atoms with Gasteiger partial charge in [-0.05, 0) is 20.8 Å². The van der Waals surface area contributed by atoms with Gasteiger partial charge in [-0.1, -0.05) is 0 Å². The van der Waals surface area contributed by atoms with Crippen LogP contribution in [0.3, 0.4) is 0 Å². The smallest absolute Gasteiger partial charge is 0.426 e. The lowest BCUT2D eigenvalue weighted by molar-refractivity contribution is -0.139. The average molecular weight is 247 g/mol. The van der Waals surface area contributed by atoms with Gasteiger partial charge in [0.15, 0.2) is 0 Å². The molecule has 8 heteroatoms. The van der Waals surface area contributed by atoms with Crippen molar-refractivity contribution in [3.05, 3.63) is 0 Å². The van der Waals surface area contributed by atoms with Crippen LogP contribution in [0.2, 0.25) is 0 Å². The highest BCUT2D eigenvalue weighted by Gasteiger charge is 2.19. The number of carbonyl (C=O) groups excluding carboxylic acids is 2. The molecule has 0 radical (unpaired) electrons. The van der Waals surface area contributed by atoms with Crippen molar-refractivity contribution in [2.24, 2.45) is 5.73 Å². The van der Waals surface area contributed by atoms with E-state index in [1.165, 1.54) is 0 Å². The number of hydrogen-bond acceptors (Lipinski definition) is 5. The number of nitrogens with two attached hydrogens (primary N) is 1.